The Morgan fingerprint density at radius 1 is 1.42 bits per heavy atom. The fraction of sp³-hybridized carbons (Fsp3) is 0.583. The third-order valence-corrected chi connectivity index (χ3v) is 4.96. The maximum Gasteiger partial charge on any atom is 0.317 e. The number of piperazine rings is 1. The van der Waals surface area contributed by atoms with E-state index >= 15 is 0 Å². The van der Waals surface area contributed by atoms with Crippen molar-refractivity contribution in [3.63, 3.8) is 0 Å². The first-order chi connectivity index (χ1) is 8.97. The average Bonchev–Trinajstić information content (AvgIpc) is 2.68. The highest BCUT2D eigenvalue weighted by atomic mass is 35.5. The molecule has 19 heavy (non-hydrogen) atoms. The van der Waals surface area contributed by atoms with E-state index in [0.29, 0.717) is 4.34 Å². The van der Waals surface area contributed by atoms with Gasteiger partial charge in [0.25, 0.3) is 0 Å². The van der Waals surface area contributed by atoms with E-state index in [1.165, 1.54) is 11.3 Å². The number of carbonyl (C=O) groups is 1. The second-order valence-electron chi connectivity index (χ2n) is 4.66. The van der Waals surface area contributed by atoms with Crippen LogP contribution in [0.15, 0.2) is 6.07 Å². The van der Waals surface area contributed by atoms with Gasteiger partial charge in [-0.2, -0.15) is 0 Å². The van der Waals surface area contributed by atoms with Gasteiger partial charge < -0.3 is 5.11 Å². The highest BCUT2D eigenvalue weighted by molar-refractivity contribution is 7.20. The van der Waals surface area contributed by atoms with Gasteiger partial charge in [0.2, 0.25) is 0 Å². The predicted molar refractivity (Wildman–Crippen MR) is 78.4 cm³/mol. The fourth-order valence-electron chi connectivity index (χ4n) is 2.33. The highest BCUT2D eigenvalue weighted by Crippen LogP contribution is 2.37. The monoisotopic (exact) mass is 322 g/mol. The zero-order valence-electron chi connectivity index (χ0n) is 10.6. The lowest BCUT2D eigenvalue weighted by molar-refractivity contribution is -0.138. The van der Waals surface area contributed by atoms with Crippen molar-refractivity contribution in [2.75, 3.05) is 32.7 Å². The van der Waals surface area contributed by atoms with Crippen LogP contribution in [0.4, 0.5) is 0 Å². The smallest absolute Gasteiger partial charge is 0.317 e. The van der Waals surface area contributed by atoms with E-state index < -0.39 is 5.97 Å². The number of aliphatic carboxylic acids is 1. The number of hydrogen-bond acceptors (Lipinski definition) is 4. The Labute approximate surface area is 126 Å². The lowest BCUT2D eigenvalue weighted by Crippen LogP contribution is -2.48. The zero-order chi connectivity index (χ0) is 14.0. The molecular formula is C12H16Cl2N2O2S. The van der Waals surface area contributed by atoms with E-state index in [-0.39, 0.29) is 12.6 Å². The van der Waals surface area contributed by atoms with Gasteiger partial charge in [-0.1, -0.05) is 23.2 Å². The van der Waals surface area contributed by atoms with Crippen molar-refractivity contribution < 1.29 is 9.90 Å². The van der Waals surface area contributed by atoms with Crippen molar-refractivity contribution in [1.29, 1.82) is 0 Å². The van der Waals surface area contributed by atoms with Crippen LogP contribution in [0.5, 0.6) is 0 Å². The summed E-state index contributed by atoms with van der Waals surface area (Å²) in [5.74, 6) is -0.769. The normalized spacial score (nSPS) is 19.5. The number of hydrogen-bond donors (Lipinski definition) is 1. The van der Waals surface area contributed by atoms with Crippen LogP contribution in [-0.2, 0) is 4.79 Å². The second kappa shape index (κ2) is 6.41. The van der Waals surface area contributed by atoms with E-state index in [9.17, 15) is 4.79 Å². The SMILES string of the molecule is CC(c1cc(Cl)sc1Cl)N1CCN(CC(=O)O)CC1. The maximum absolute atomic E-state index is 10.7. The van der Waals surface area contributed by atoms with Crippen LogP contribution in [-0.4, -0.2) is 53.6 Å². The lowest BCUT2D eigenvalue weighted by Gasteiger charge is -2.37. The molecule has 1 saturated heterocycles. The standard InChI is InChI=1S/C12H16Cl2N2O2S/c1-8(9-6-10(13)19-12(9)14)16-4-2-15(3-5-16)7-11(17)18/h6,8H,2-5,7H2,1H3,(H,17,18). The van der Waals surface area contributed by atoms with Crippen LogP contribution in [0, 0.1) is 0 Å². The number of rotatable bonds is 4. The van der Waals surface area contributed by atoms with Crippen LogP contribution in [0.1, 0.15) is 18.5 Å². The van der Waals surface area contributed by atoms with E-state index in [0.717, 1.165) is 36.1 Å². The van der Waals surface area contributed by atoms with Crippen molar-refractivity contribution in [2.24, 2.45) is 0 Å². The topological polar surface area (TPSA) is 43.8 Å². The van der Waals surface area contributed by atoms with Crippen LogP contribution in [0.3, 0.4) is 0 Å². The molecule has 1 atom stereocenters. The first-order valence-electron chi connectivity index (χ1n) is 6.10. The molecule has 1 aliphatic heterocycles. The van der Waals surface area contributed by atoms with Gasteiger partial charge in [0, 0.05) is 37.8 Å². The molecule has 2 rings (SSSR count). The Bertz CT molecular complexity index is 459. The number of carboxylic acid groups (broad SMARTS) is 1. The van der Waals surface area contributed by atoms with Gasteiger partial charge in [0.15, 0.2) is 0 Å². The van der Waals surface area contributed by atoms with E-state index in [2.05, 4.69) is 11.8 Å². The number of carboxylic acids is 1. The molecule has 0 spiro atoms. The molecule has 0 amide bonds. The van der Waals surface area contributed by atoms with Crippen LogP contribution >= 0.6 is 34.5 Å². The highest BCUT2D eigenvalue weighted by Gasteiger charge is 2.25. The molecule has 0 radical (unpaired) electrons. The van der Waals surface area contributed by atoms with Crippen molar-refractivity contribution in [3.8, 4) is 0 Å². The fourth-order valence-corrected chi connectivity index (χ4v) is 3.97. The summed E-state index contributed by atoms with van der Waals surface area (Å²) < 4.78 is 1.45. The second-order valence-corrected chi connectivity index (χ2v) is 6.95. The van der Waals surface area contributed by atoms with Crippen LogP contribution < -0.4 is 0 Å². The molecule has 4 nitrogen and oxygen atoms in total. The number of halogens is 2. The summed E-state index contributed by atoms with van der Waals surface area (Å²) in [6.07, 6.45) is 0. The molecule has 0 bridgehead atoms. The maximum atomic E-state index is 10.7. The quantitative estimate of drug-likeness (QED) is 0.925. The van der Waals surface area contributed by atoms with Gasteiger partial charge in [-0.25, -0.2) is 0 Å². The molecule has 2 heterocycles. The summed E-state index contributed by atoms with van der Waals surface area (Å²) >= 11 is 13.5. The molecule has 106 valence electrons. The Kier molecular flexibility index (Phi) is 5.09. The van der Waals surface area contributed by atoms with Gasteiger partial charge in [0.1, 0.15) is 0 Å². The molecule has 1 fully saturated rings. The minimum Gasteiger partial charge on any atom is -0.480 e. The molecule has 7 heteroatoms. The molecular weight excluding hydrogens is 307 g/mol. The Morgan fingerprint density at radius 2 is 2.05 bits per heavy atom. The lowest BCUT2D eigenvalue weighted by atomic mass is 10.1. The first kappa shape index (κ1) is 15.1. The van der Waals surface area contributed by atoms with Gasteiger partial charge in [-0.05, 0) is 13.0 Å². The first-order valence-corrected chi connectivity index (χ1v) is 7.67. The molecule has 0 saturated carbocycles. The minimum atomic E-state index is -0.769. The van der Waals surface area contributed by atoms with Crippen molar-refractivity contribution in [3.05, 3.63) is 20.3 Å². The zero-order valence-corrected chi connectivity index (χ0v) is 12.9. The van der Waals surface area contributed by atoms with E-state index in [4.69, 9.17) is 28.3 Å². The van der Waals surface area contributed by atoms with Crippen LogP contribution in [0.2, 0.25) is 8.67 Å². The molecule has 0 aromatic carbocycles. The van der Waals surface area contributed by atoms with Gasteiger partial charge in [0.05, 0.1) is 15.2 Å². The van der Waals surface area contributed by atoms with Gasteiger partial charge >= 0.3 is 5.97 Å². The summed E-state index contributed by atoms with van der Waals surface area (Å²) in [7, 11) is 0. The molecule has 1 aliphatic rings. The molecule has 1 N–H and O–H groups in total. The third-order valence-electron chi connectivity index (χ3n) is 3.45. The van der Waals surface area contributed by atoms with Gasteiger partial charge in [-0.3, -0.25) is 14.6 Å². The van der Waals surface area contributed by atoms with Crippen LogP contribution in [0.25, 0.3) is 0 Å². The molecule has 1 aromatic rings. The summed E-state index contributed by atoms with van der Waals surface area (Å²) in [6, 6.07) is 2.13. The largest absolute Gasteiger partial charge is 0.480 e. The van der Waals surface area contributed by atoms with E-state index in [1.807, 2.05) is 11.0 Å². The Morgan fingerprint density at radius 3 is 2.53 bits per heavy atom. The average molecular weight is 323 g/mol. The number of nitrogens with zero attached hydrogens (tertiary/aromatic N) is 2. The van der Waals surface area contributed by atoms with Gasteiger partial charge in [-0.15, -0.1) is 11.3 Å². The third kappa shape index (κ3) is 3.83. The molecule has 0 aliphatic carbocycles. The minimum absolute atomic E-state index is 0.118. The molecule has 1 unspecified atom stereocenters. The van der Waals surface area contributed by atoms with Crippen molar-refractivity contribution >= 4 is 40.5 Å². The number of thiophene rings is 1. The summed E-state index contributed by atoms with van der Waals surface area (Å²) in [4.78, 5) is 14.9. The predicted octanol–water partition coefficient (Wildman–Crippen LogP) is 2.82. The summed E-state index contributed by atoms with van der Waals surface area (Å²) in [5.41, 5.74) is 1.06. The summed E-state index contributed by atoms with van der Waals surface area (Å²) in [5, 5.41) is 8.77. The Balaban J connectivity index is 1.94. The van der Waals surface area contributed by atoms with Crippen molar-refractivity contribution in [2.45, 2.75) is 13.0 Å². The Hall–Kier alpha value is -0.330. The summed E-state index contributed by atoms with van der Waals surface area (Å²) in [6.45, 7) is 5.46. The van der Waals surface area contributed by atoms with E-state index in [1.54, 1.807) is 0 Å². The van der Waals surface area contributed by atoms with Crippen molar-refractivity contribution in [1.82, 2.24) is 9.80 Å². The molecule has 1 aromatic heterocycles.